The lowest BCUT2D eigenvalue weighted by atomic mass is 10.1. The molecule has 0 unspecified atom stereocenters. The lowest BCUT2D eigenvalue weighted by Crippen LogP contribution is -2.31. The molecule has 7 heteroatoms. The van der Waals surface area contributed by atoms with Gasteiger partial charge >= 0.3 is 6.18 Å². The minimum atomic E-state index is -4.51. The Bertz CT molecular complexity index is 552. The first kappa shape index (κ1) is 17.6. The smallest absolute Gasteiger partial charge is 0.416 e. The summed E-state index contributed by atoms with van der Waals surface area (Å²) in [5.41, 5.74) is -0.778. The Labute approximate surface area is 133 Å². The minimum absolute atomic E-state index is 0.0147. The van der Waals surface area contributed by atoms with Crippen molar-refractivity contribution in [2.75, 3.05) is 13.2 Å². The number of hydrogen-bond acceptors (Lipinski definition) is 3. The fourth-order valence-corrected chi connectivity index (χ4v) is 2.39. The molecule has 0 spiro atoms. The average Bonchev–Trinajstić information content (AvgIpc) is 2.98. The van der Waals surface area contributed by atoms with E-state index in [9.17, 15) is 18.0 Å². The van der Waals surface area contributed by atoms with Crippen LogP contribution in [0.25, 0.3) is 0 Å². The van der Waals surface area contributed by atoms with Crippen LogP contribution >= 0.6 is 0 Å². The Morgan fingerprint density at radius 2 is 2.17 bits per heavy atom. The van der Waals surface area contributed by atoms with Gasteiger partial charge in [0.15, 0.2) is 0 Å². The molecule has 1 amide bonds. The number of carbonyl (C=O) groups is 1. The van der Waals surface area contributed by atoms with Crippen LogP contribution in [0.2, 0.25) is 0 Å². The molecule has 1 aliphatic rings. The summed E-state index contributed by atoms with van der Waals surface area (Å²) in [5, 5.41) is 2.55. The van der Waals surface area contributed by atoms with Crippen LogP contribution in [-0.4, -0.2) is 25.2 Å². The zero-order valence-corrected chi connectivity index (χ0v) is 13.1. The zero-order chi connectivity index (χ0) is 17.0. The first-order valence-corrected chi connectivity index (χ1v) is 7.49. The number of alkyl halides is 3. The van der Waals surface area contributed by atoms with Crippen LogP contribution in [0, 0.1) is 5.92 Å². The third kappa shape index (κ3) is 4.86. The molecule has 1 fully saturated rings. The summed E-state index contributed by atoms with van der Waals surface area (Å²) in [5.74, 6) is -0.405. The molecule has 1 aromatic carbocycles. The van der Waals surface area contributed by atoms with E-state index in [0.29, 0.717) is 19.6 Å². The standard InChI is InChI=1S/C16H20F3NO3/c1-10(2)23-13-4-3-11(14(7-13)16(17,18)19)8-20-15(21)12-5-6-22-9-12/h3-4,7,10,12H,5-6,8-9H2,1-2H3,(H,20,21)/t12-/m1/s1. The second kappa shape index (κ2) is 7.21. The number of benzene rings is 1. The first-order valence-electron chi connectivity index (χ1n) is 7.49. The van der Waals surface area contributed by atoms with Gasteiger partial charge in [-0.1, -0.05) is 6.07 Å². The molecule has 0 radical (unpaired) electrons. The Morgan fingerprint density at radius 1 is 1.43 bits per heavy atom. The van der Waals surface area contributed by atoms with E-state index in [-0.39, 0.29) is 35.8 Å². The van der Waals surface area contributed by atoms with E-state index in [2.05, 4.69) is 5.32 Å². The third-order valence-electron chi connectivity index (χ3n) is 3.51. The highest BCUT2D eigenvalue weighted by molar-refractivity contribution is 5.79. The van der Waals surface area contributed by atoms with Crippen LogP contribution in [0.3, 0.4) is 0 Å². The highest BCUT2D eigenvalue weighted by Crippen LogP contribution is 2.34. The van der Waals surface area contributed by atoms with Crippen molar-refractivity contribution in [3.8, 4) is 5.75 Å². The summed E-state index contributed by atoms with van der Waals surface area (Å²) in [6, 6.07) is 3.79. The number of amides is 1. The largest absolute Gasteiger partial charge is 0.491 e. The molecule has 0 aromatic heterocycles. The second-order valence-electron chi connectivity index (χ2n) is 5.76. The fraction of sp³-hybridized carbons (Fsp3) is 0.562. The molecular weight excluding hydrogens is 311 g/mol. The van der Waals surface area contributed by atoms with Crippen LogP contribution in [0.4, 0.5) is 13.2 Å². The van der Waals surface area contributed by atoms with Crippen molar-refractivity contribution < 1.29 is 27.4 Å². The van der Waals surface area contributed by atoms with Gasteiger partial charge in [0.1, 0.15) is 5.75 Å². The predicted molar refractivity (Wildman–Crippen MR) is 78.0 cm³/mol. The Morgan fingerprint density at radius 3 is 2.74 bits per heavy atom. The Hall–Kier alpha value is -1.76. The van der Waals surface area contributed by atoms with Crippen molar-refractivity contribution in [1.29, 1.82) is 0 Å². The molecule has 2 rings (SSSR count). The monoisotopic (exact) mass is 331 g/mol. The van der Waals surface area contributed by atoms with Crippen LogP contribution in [0.1, 0.15) is 31.4 Å². The molecular formula is C16H20F3NO3. The molecule has 128 valence electrons. The molecule has 1 N–H and O–H groups in total. The lowest BCUT2D eigenvalue weighted by Gasteiger charge is -2.17. The minimum Gasteiger partial charge on any atom is -0.491 e. The molecule has 1 heterocycles. The van der Waals surface area contributed by atoms with Crippen LogP contribution in [0.15, 0.2) is 18.2 Å². The number of hydrogen-bond donors (Lipinski definition) is 1. The SMILES string of the molecule is CC(C)Oc1ccc(CNC(=O)[C@@H]2CCOC2)c(C(F)(F)F)c1. The fourth-order valence-electron chi connectivity index (χ4n) is 2.39. The van der Waals surface area contributed by atoms with Gasteiger partial charge in [-0.2, -0.15) is 13.2 Å². The van der Waals surface area contributed by atoms with E-state index < -0.39 is 11.7 Å². The quantitative estimate of drug-likeness (QED) is 0.902. The normalized spacial score (nSPS) is 18.3. The van der Waals surface area contributed by atoms with E-state index in [4.69, 9.17) is 9.47 Å². The van der Waals surface area contributed by atoms with E-state index in [1.165, 1.54) is 12.1 Å². The molecule has 0 bridgehead atoms. The molecule has 1 aromatic rings. The molecule has 1 saturated heterocycles. The summed E-state index contributed by atoms with van der Waals surface area (Å²) >= 11 is 0. The molecule has 4 nitrogen and oxygen atoms in total. The summed E-state index contributed by atoms with van der Waals surface area (Å²) in [6.45, 7) is 4.13. The van der Waals surface area contributed by atoms with Crippen molar-refractivity contribution in [3.05, 3.63) is 29.3 Å². The van der Waals surface area contributed by atoms with Gasteiger partial charge in [-0.15, -0.1) is 0 Å². The zero-order valence-electron chi connectivity index (χ0n) is 13.1. The maximum absolute atomic E-state index is 13.2. The molecule has 1 atom stereocenters. The Balaban J connectivity index is 2.11. The van der Waals surface area contributed by atoms with Crippen molar-refractivity contribution in [2.24, 2.45) is 5.92 Å². The summed E-state index contributed by atoms with van der Waals surface area (Å²) < 4.78 is 50.0. The van der Waals surface area contributed by atoms with Gasteiger partial charge in [0, 0.05) is 13.2 Å². The third-order valence-corrected chi connectivity index (χ3v) is 3.51. The summed E-state index contributed by atoms with van der Waals surface area (Å²) in [7, 11) is 0. The molecule has 0 saturated carbocycles. The van der Waals surface area contributed by atoms with Crippen molar-refractivity contribution in [3.63, 3.8) is 0 Å². The lowest BCUT2D eigenvalue weighted by molar-refractivity contribution is -0.138. The van der Waals surface area contributed by atoms with Crippen molar-refractivity contribution >= 4 is 5.91 Å². The maximum atomic E-state index is 13.2. The average molecular weight is 331 g/mol. The molecule has 0 aliphatic carbocycles. The van der Waals surface area contributed by atoms with Gasteiger partial charge in [-0.3, -0.25) is 4.79 Å². The predicted octanol–water partition coefficient (Wildman–Crippen LogP) is 3.15. The van der Waals surface area contributed by atoms with Crippen LogP contribution < -0.4 is 10.1 Å². The molecule has 1 aliphatic heterocycles. The second-order valence-corrected chi connectivity index (χ2v) is 5.76. The highest BCUT2D eigenvalue weighted by Gasteiger charge is 2.34. The van der Waals surface area contributed by atoms with Gasteiger partial charge in [-0.05, 0) is 38.0 Å². The number of rotatable bonds is 5. The van der Waals surface area contributed by atoms with E-state index in [1.54, 1.807) is 13.8 Å². The first-order chi connectivity index (χ1) is 10.8. The number of halogens is 3. The van der Waals surface area contributed by atoms with Crippen molar-refractivity contribution in [2.45, 2.75) is 39.1 Å². The van der Waals surface area contributed by atoms with Gasteiger partial charge in [-0.25, -0.2) is 0 Å². The van der Waals surface area contributed by atoms with E-state index in [1.807, 2.05) is 0 Å². The highest BCUT2D eigenvalue weighted by atomic mass is 19.4. The van der Waals surface area contributed by atoms with Gasteiger partial charge < -0.3 is 14.8 Å². The van der Waals surface area contributed by atoms with Gasteiger partial charge in [0.05, 0.1) is 24.2 Å². The topological polar surface area (TPSA) is 47.6 Å². The number of ether oxygens (including phenoxy) is 2. The van der Waals surface area contributed by atoms with Crippen molar-refractivity contribution in [1.82, 2.24) is 5.32 Å². The summed E-state index contributed by atoms with van der Waals surface area (Å²) in [6.07, 6.45) is -4.13. The number of nitrogens with one attached hydrogen (secondary N) is 1. The van der Waals surface area contributed by atoms with Gasteiger partial charge in [0.2, 0.25) is 5.91 Å². The molecule has 23 heavy (non-hydrogen) atoms. The summed E-state index contributed by atoms with van der Waals surface area (Å²) in [4.78, 5) is 11.9. The van der Waals surface area contributed by atoms with E-state index >= 15 is 0 Å². The van der Waals surface area contributed by atoms with Gasteiger partial charge in [0.25, 0.3) is 0 Å². The van der Waals surface area contributed by atoms with Crippen LogP contribution in [-0.2, 0) is 22.3 Å². The maximum Gasteiger partial charge on any atom is 0.416 e. The van der Waals surface area contributed by atoms with Crippen LogP contribution in [0.5, 0.6) is 5.75 Å². The number of carbonyl (C=O) groups excluding carboxylic acids is 1. The van der Waals surface area contributed by atoms with E-state index in [0.717, 1.165) is 6.07 Å². The Kier molecular flexibility index (Phi) is 5.51.